The largest absolute Gasteiger partial charge is 0.424 e. The summed E-state index contributed by atoms with van der Waals surface area (Å²) in [5, 5.41) is 18.6. The van der Waals surface area contributed by atoms with E-state index in [9.17, 15) is 18.3 Å². The minimum absolute atomic E-state index is 0.368. The lowest BCUT2D eigenvalue weighted by Gasteiger charge is -2.33. The van der Waals surface area contributed by atoms with E-state index in [2.05, 4.69) is 0 Å². The quantitative estimate of drug-likeness (QED) is 0.798. The molecule has 84 valence electrons. The summed E-state index contributed by atoms with van der Waals surface area (Å²) in [6, 6.07) is 6.52. The molecule has 0 bridgehead atoms. The van der Waals surface area contributed by atoms with E-state index in [1.807, 2.05) is 0 Å². The first kappa shape index (κ1) is 12.0. The molecule has 1 aromatic rings. The molecule has 1 aromatic carbocycles. The van der Waals surface area contributed by atoms with Gasteiger partial charge in [-0.25, -0.2) is 0 Å². The smallest absolute Gasteiger partial charge is 0.390 e. The van der Waals surface area contributed by atoms with Crippen molar-refractivity contribution in [1.82, 2.24) is 0 Å². The first-order chi connectivity index (χ1) is 6.80. The van der Waals surface area contributed by atoms with E-state index < -0.39 is 17.9 Å². The third-order valence-corrected chi connectivity index (χ3v) is 2.25. The van der Waals surface area contributed by atoms with Crippen molar-refractivity contribution in [2.75, 3.05) is 0 Å². The molecule has 2 N–H and O–H groups in total. The number of aliphatic hydroxyl groups excluding tert-OH is 1. The molecule has 0 amide bonds. The van der Waals surface area contributed by atoms with Gasteiger partial charge in [0.25, 0.3) is 0 Å². The number of benzene rings is 1. The Balaban J connectivity index is 3.26. The van der Waals surface area contributed by atoms with Crippen molar-refractivity contribution < 1.29 is 23.4 Å². The zero-order valence-corrected chi connectivity index (χ0v) is 7.99. The third kappa shape index (κ3) is 1.98. The summed E-state index contributed by atoms with van der Waals surface area (Å²) in [6.07, 6.45) is -6.84. The Labute approximate surface area is 85.0 Å². The van der Waals surface area contributed by atoms with Crippen molar-refractivity contribution in [2.45, 2.75) is 24.8 Å². The van der Waals surface area contributed by atoms with E-state index in [4.69, 9.17) is 5.11 Å². The van der Waals surface area contributed by atoms with E-state index in [0.29, 0.717) is 0 Å². The van der Waals surface area contributed by atoms with Gasteiger partial charge in [0.15, 0.2) is 0 Å². The van der Waals surface area contributed by atoms with Crippen molar-refractivity contribution in [3.8, 4) is 0 Å². The van der Waals surface area contributed by atoms with Gasteiger partial charge in [0.1, 0.15) is 0 Å². The summed E-state index contributed by atoms with van der Waals surface area (Å²) in [6.45, 7) is 0.903. The van der Waals surface area contributed by atoms with Gasteiger partial charge in [0, 0.05) is 0 Å². The minimum atomic E-state index is -4.91. The molecule has 0 radical (unpaired) electrons. The lowest BCUT2D eigenvalue weighted by Crippen LogP contribution is -2.50. The van der Waals surface area contributed by atoms with Crippen LogP contribution in [0, 0.1) is 0 Å². The van der Waals surface area contributed by atoms with Crippen LogP contribution < -0.4 is 0 Å². The highest BCUT2D eigenvalue weighted by molar-refractivity contribution is 5.25. The molecule has 0 heterocycles. The van der Waals surface area contributed by atoms with Gasteiger partial charge in [-0.05, 0) is 12.5 Å². The first-order valence-corrected chi connectivity index (χ1v) is 4.33. The molecule has 0 fully saturated rings. The molecule has 2 atom stereocenters. The summed E-state index contributed by atoms with van der Waals surface area (Å²) >= 11 is 0. The van der Waals surface area contributed by atoms with E-state index >= 15 is 0 Å². The second-order valence-electron chi connectivity index (χ2n) is 3.31. The van der Waals surface area contributed by atoms with E-state index in [0.717, 1.165) is 19.1 Å². The number of halogens is 3. The molecule has 0 aliphatic heterocycles. The van der Waals surface area contributed by atoms with Gasteiger partial charge in [-0.3, -0.25) is 0 Å². The lowest BCUT2D eigenvalue weighted by molar-refractivity contribution is -0.295. The van der Waals surface area contributed by atoms with E-state index in [1.54, 1.807) is 0 Å². The lowest BCUT2D eigenvalue weighted by atomic mass is 9.88. The SMILES string of the molecule is C[C@@H](O)[C@](O)(c1ccccc1)C(F)(F)F. The maximum atomic E-state index is 12.6. The van der Waals surface area contributed by atoms with Gasteiger partial charge in [-0.1, -0.05) is 30.3 Å². The third-order valence-electron chi connectivity index (χ3n) is 2.25. The molecule has 0 unspecified atom stereocenters. The number of hydrogen-bond donors (Lipinski definition) is 2. The number of alkyl halides is 3. The summed E-state index contributed by atoms with van der Waals surface area (Å²) in [7, 11) is 0. The average molecular weight is 220 g/mol. The van der Waals surface area contributed by atoms with Crippen LogP contribution in [0.4, 0.5) is 13.2 Å². The minimum Gasteiger partial charge on any atom is -0.390 e. The fourth-order valence-corrected chi connectivity index (χ4v) is 1.33. The molecular formula is C10H11F3O2. The highest BCUT2D eigenvalue weighted by Gasteiger charge is 2.58. The van der Waals surface area contributed by atoms with Gasteiger partial charge < -0.3 is 10.2 Å². The van der Waals surface area contributed by atoms with Crippen LogP contribution in [0.5, 0.6) is 0 Å². The van der Waals surface area contributed by atoms with Gasteiger partial charge in [0.2, 0.25) is 5.60 Å². The molecule has 0 aromatic heterocycles. The molecule has 0 saturated heterocycles. The van der Waals surface area contributed by atoms with Crippen LogP contribution in [0.25, 0.3) is 0 Å². The van der Waals surface area contributed by atoms with Crippen LogP contribution >= 0.6 is 0 Å². The topological polar surface area (TPSA) is 40.5 Å². The van der Waals surface area contributed by atoms with Gasteiger partial charge >= 0.3 is 6.18 Å². The summed E-state index contributed by atoms with van der Waals surface area (Å²) < 4.78 is 37.9. The first-order valence-electron chi connectivity index (χ1n) is 4.33. The van der Waals surface area contributed by atoms with Gasteiger partial charge in [-0.15, -0.1) is 0 Å². The molecule has 2 nitrogen and oxygen atoms in total. The van der Waals surface area contributed by atoms with Crippen molar-refractivity contribution in [3.05, 3.63) is 35.9 Å². The zero-order chi connectivity index (χ0) is 11.7. The highest BCUT2D eigenvalue weighted by atomic mass is 19.4. The maximum Gasteiger partial charge on any atom is 0.424 e. The molecule has 0 aliphatic carbocycles. The Morgan fingerprint density at radius 2 is 1.60 bits per heavy atom. The number of rotatable bonds is 2. The van der Waals surface area contributed by atoms with E-state index in [1.165, 1.54) is 18.2 Å². The number of aliphatic hydroxyl groups is 2. The maximum absolute atomic E-state index is 12.6. The molecule has 0 saturated carbocycles. The summed E-state index contributed by atoms with van der Waals surface area (Å²) in [5.74, 6) is 0. The molecular weight excluding hydrogens is 209 g/mol. The Bertz CT molecular complexity index is 321. The molecule has 5 heteroatoms. The predicted molar refractivity (Wildman–Crippen MR) is 48.1 cm³/mol. The Kier molecular flexibility index (Phi) is 3.06. The van der Waals surface area contributed by atoms with Gasteiger partial charge in [0.05, 0.1) is 6.10 Å². The van der Waals surface area contributed by atoms with Crippen molar-refractivity contribution in [3.63, 3.8) is 0 Å². The second-order valence-corrected chi connectivity index (χ2v) is 3.31. The van der Waals surface area contributed by atoms with Crippen LogP contribution in [0.15, 0.2) is 30.3 Å². The zero-order valence-electron chi connectivity index (χ0n) is 7.99. The Morgan fingerprint density at radius 3 is 1.93 bits per heavy atom. The normalized spacial score (nSPS) is 18.3. The summed E-state index contributed by atoms with van der Waals surface area (Å²) in [5.41, 5.74) is -3.58. The standard InChI is InChI=1S/C10H11F3O2/c1-7(14)9(15,10(11,12)13)8-5-3-2-4-6-8/h2-7,14-15H,1H3/t7-,9+/m1/s1. The van der Waals surface area contributed by atoms with Crippen LogP contribution in [0.2, 0.25) is 0 Å². The van der Waals surface area contributed by atoms with Crippen LogP contribution in [0.1, 0.15) is 12.5 Å². The van der Waals surface area contributed by atoms with Crippen molar-refractivity contribution in [1.29, 1.82) is 0 Å². The Morgan fingerprint density at radius 1 is 1.13 bits per heavy atom. The molecule has 15 heavy (non-hydrogen) atoms. The summed E-state index contributed by atoms with van der Waals surface area (Å²) in [4.78, 5) is 0. The van der Waals surface area contributed by atoms with E-state index in [-0.39, 0.29) is 5.56 Å². The predicted octanol–water partition coefficient (Wildman–Crippen LogP) is 1.82. The van der Waals surface area contributed by atoms with Crippen LogP contribution in [-0.4, -0.2) is 22.5 Å². The van der Waals surface area contributed by atoms with Crippen LogP contribution in [0.3, 0.4) is 0 Å². The van der Waals surface area contributed by atoms with Crippen molar-refractivity contribution in [2.24, 2.45) is 0 Å². The van der Waals surface area contributed by atoms with Crippen LogP contribution in [-0.2, 0) is 5.60 Å². The fraction of sp³-hybridized carbons (Fsp3) is 0.400. The molecule has 0 spiro atoms. The average Bonchev–Trinajstić information content (AvgIpc) is 2.16. The van der Waals surface area contributed by atoms with Crippen molar-refractivity contribution >= 4 is 0 Å². The molecule has 1 rings (SSSR count). The fourth-order valence-electron chi connectivity index (χ4n) is 1.33. The monoisotopic (exact) mass is 220 g/mol. The molecule has 0 aliphatic rings. The van der Waals surface area contributed by atoms with Gasteiger partial charge in [-0.2, -0.15) is 13.2 Å². The highest BCUT2D eigenvalue weighted by Crippen LogP contribution is 2.41. The Hall–Kier alpha value is -1.07. The second kappa shape index (κ2) is 3.83. The number of hydrogen-bond acceptors (Lipinski definition) is 2.